The maximum Gasteiger partial charge on any atom is 0.222 e. The van der Waals surface area contributed by atoms with Gasteiger partial charge in [0, 0.05) is 17.4 Å². The van der Waals surface area contributed by atoms with E-state index in [0.29, 0.717) is 5.82 Å². The average molecular weight is 259 g/mol. The molecule has 5 heteroatoms. The van der Waals surface area contributed by atoms with Crippen LogP contribution >= 0.6 is 11.8 Å². The molecule has 1 N–H and O–H groups in total. The van der Waals surface area contributed by atoms with Gasteiger partial charge in [-0.1, -0.05) is 18.2 Å². The summed E-state index contributed by atoms with van der Waals surface area (Å²) < 4.78 is 0. The largest absolute Gasteiger partial charge is 0.310 e. The normalized spacial score (nSPS) is 10.1. The lowest BCUT2D eigenvalue weighted by atomic mass is 10.1. The zero-order valence-corrected chi connectivity index (χ0v) is 11.0. The second kappa shape index (κ2) is 5.64. The molecule has 0 saturated carbocycles. The van der Waals surface area contributed by atoms with Gasteiger partial charge < -0.3 is 5.32 Å². The Balaban J connectivity index is 2.31. The van der Waals surface area contributed by atoms with E-state index >= 15 is 0 Å². The third kappa shape index (κ3) is 2.87. The number of hydrogen-bond donors (Lipinski definition) is 1. The maximum atomic E-state index is 10.9. The van der Waals surface area contributed by atoms with Crippen molar-refractivity contribution >= 4 is 23.5 Å². The van der Waals surface area contributed by atoms with E-state index in [1.165, 1.54) is 6.92 Å². The van der Waals surface area contributed by atoms with Crippen LogP contribution in [0.5, 0.6) is 0 Å². The van der Waals surface area contributed by atoms with Crippen LogP contribution in [-0.2, 0) is 4.79 Å². The molecule has 0 bridgehead atoms. The van der Waals surface area contributed by atoms with E-state index in [1.807, 2.05) is 30.5 Å². The second-order valence-corrected chi connectivity index (χ2v) is 4.52. The topological polar surface area (TPSA) is 54.9 Å². The van der Waals surface area contributed by atoms with Crippen molar-refractivity contribution in [2.24, 2.45) is 0 Å². The van der Waals surface area contributed by atoms with Gasteiger partial charge in [0.1, 0.15) is 0 Å². The molecule has 1 heterocycles. The Morgan fingerprint density at radius 1 is 1.22 bits per heavy atom. The van der Waals surface area contributed by atoms with Crippen LogP contribution in [0.4, 0.5) is 5.82 Å². The molecule has 92 valence electrons. The number of aromatic nitrogens is 2. The quantitative estimate of drug-likeness (QED) is 0.861. The Labute approximate surface area is 110 Å². The Kier molecular flexibility index (Phi) is 3.94. The Hall–Kier alpha value is -1.88. The third-order valence-corrected chi connectivity index (χ3v) is 3.13. The molecule has 0 aliphatic heterocycles. The van der Waals surface area contributed by atoms with Gasteiger partial charge >= 0.3 is 0 Å². The maximum absolute atomic E-state index is 10.9. The number of hydrogen-bond acceptors (Lipinski definition) is 4. The second-order valence-electron chi connectivity index (χ2n) is 3.67. The fraction of sp³-hybridized carbons (Fsp3) is 0.154. The van der Waals surface area contributed by atoms with E-state index in [2.05, 4.69) is 15.3 Å². The van der Waals surface area contributed by atoms with Crippen LogP contribution in [0.3, 0.4) is 0 Å². The molecule has 0 unspecified atom stereocenters. The molecule has 0 fully saturated rings. The van der Waals surface area contributed by atoms with E-state index in [4.69, 9.17) is 0 Å². The number of amides is 1. The van der Waals surface area contributed by atoms with Crippen molar-refractivity contribution in [3.05, 3.63) is 36.7 Å². The molecule has 0 aliphatic carbocycles. The van der Waals surface area contributed by atoms with E-state index in [0.717, 1.165) is 16.2 Å². The van der Waals surface area contributed by atoms with Gasteiger partial charge in [0.2, 0.25) is 5.91 Å². The zero-order chi connectivity index (χ0) is 13.0. The summed E-state index contributed by atoms with van der Waals surface area (Å²) in [4.78, 5) is 20.5. The minimum atomic E-state index is -0.151. The first kappa shape index (κ1) is 12.6. The predicted octanol–water partition coefficient (Wildman–Crippen LogP) is 2.82. The SMILES string of the molecule is CSc1ccccc1-c1cnc(NC(C)=O)cn1. The minimum Gasteiger partial charge on any atom is -0.310 e. The number of benzene rings is 1. The van der Waals surface area contributed by atoms with Gasteiger partial charge in [-0.25, -0.2) is 4.98 Å². The summed E-state index contributed by atoms with van der Waals surface area (Å²) in [6, 6.07) is 8.02. The van der Waals surface area contributed by atoms with Crippen molar-refractivity contribution in [1.82, 2.24) is 9.97 Å². The van der Waals surface area contributed by atoms with Crippen LogP contribution in [0.2, 0.25) is 0 Å². The van der Waals surface area contributed by atoms with Gasteiger partial charge in [-0.15, -0.1) is 11.8 Å². The van der Waals surface area contributed by atoms with Crippen molar-refractivity contribution in [3.63, 3.8) is 0 Å². The summed E-state index contributed by atoms with van der Waals surface area (Å²) in [5.41, 5.74) is 1.85. The van der Waals surface area contributed by atoms with Crippen molar-refractivity contribution in [1.29, 1.82) is 0 Å². The molecule has 0 spiro atoms. The molecule has 0 radical (unpaired) electrons. The van der Waals surface area contributed by atoms with Crippen molar-refractivity contribution < 1.29 is 4.79 Å². The van der Waals surface area contributed by atoms with Gasteiger partial charge in [0.25, 0.3) is 0 Å². The van der Waals surface area contributed by atoms with Crippen LogP contribution in [0.1, 0.15) is 6.92 Å². The number of carbonyl (C=O) groups is 1. The highest BCUT2D eigenvalue weighted by Gasteiger charge is 2.06. The van der Waals surface area contributed by atoms with Crippen LogP contribution in [0.25, 0.3) is 11.3 Å². The number of thioether (sulfide) groups is 1. The highest BCUT2D eigenvalue weighted by Crippen LogP contribution is 2.28. The first-order valence-corrected chi connectivity index (χ1v) is 6.66. The summed E-state index contributed by atoms with van der Waals surface area (Å²) in [6.45, 7) is 1.44. The molecule has 2 rings (SSSR count). The zero-order valence-electron chi connectivity index (χ0n) is 10.2. The van der Waals surface area contributed by atoms with E-state index in [1.54, 1.807) is 24.2 Å². The molecule has 1 amide bonds. The smallest absolute Gasteiger partial charge is 0.222 e. The Morgan fingerprint density at radius 2 is 2.00 bits per heavy atom. The highest BCUT2D eigenvalue weighted by molar-refractivity contribution is 7.98. The monoisotopic (exact) mass is 259 g/mol. The number of rotatable bonds is 3. The van der Waals surface area contributed by atoms with Crippen molar-refractivity contribution in [2.75, 3.05) is 11.6 Å². The molecule has 1 aromatic heterocycles. The molecule has 4 nitrogen and oxygen atoms in total. The fourth-order valence-electron chi connectivity index (χ4n) is 1.57. The van der Waals surface area contributed by atoms with E-state index in [9.17, 15) is 4.79 Å². The van der Waals surface area contributed by atoms with Crippen molar-refractivity contribution in [3.8, 4) is 11.3 Å². The van der Waals surface area contributed by atoms with E-state index < -0.39 is 0 Å². The fourth-order valence-corrected chi connectivity index (χ4v) is 2.18. The molecule has 2 aromatic rings. The Morgan fingerprint density at radius 3 is 2.61 bits per heavy atom. The van der Waals surface area contributed by atoms with Crippen LogP contribution < -0.4 is 5.32 Å². The van der Waals surface area contributed by atoms with Gasteiger partial charge in [-0.05, 0) is 12.3 Å². The number of anilines is 1. The van der Waals surface area contributed by atoms with Crippen LogP contribution in [-0.4, -0.2) is 22.1 Å². The standard InChI is InChI=1S/C13H13N3OS/c1-9(17)16-13-8-14-11(7-15-13)10-5-3-4-6-12(10)18-2/h3-8H,1-2H3,(H,15,16,17). The van der Waals surface area contributed by atoms with Gasteiger partial charge in [0.05, 0.1) is 18.1 Å². The number of nitrogens with zero attached hydrogens (tertiary/aromatic N) is 2. The van der Waals surface area contributed by atoms with Crippen molar-refractivity contribution in [2.45, 2.75) is 11.8 Å². The number of carbonyl (C=O) groups excluding carboxylic acids is 1. The third-order valence-electron chi connectivity index (χ3n) is 2.34. The lowest BCUT2D eigenvalue weighted by Gasteiger charge is -2.06. The predicted molar refractivity (Wildman–Crippen MR) is 73.6 cm³/mol. The molecule has 18 heavy (non-hydrogen) atoms. The first-order valence-electron chi connectivity index (χ1n) is 5.43. The molecule has 1 aromatic carbocycles. The lowest BCUT2D eigenvalue weighted by Crippen LogP contribution is -2.07. The highest BCUT2D eigenvalue weighted by atomic mass is 32.2. The molecule has 0 atom stereocenters. The summed E-state index contributed by atoms with van der Waals surface area (Å²) in [5, 5.41) is 2.59. The summed E-state index contributed by atoms with van der Waals surface area (Å²) in [5.74, 6) is 0.314. The summed E-state index contributed by atoms with van der Waals surface area (Å²) >= 11 is 1.67. The van der Waals surface area contributed by atoms with Gasteiger partial charge in [-0.3, -0.25) is 9.78 Å². The molecule has 0 saturated heterocycles. The van der Waals surface area contributed by atoms with Crippen LogP contribution in [0.15, 0.2) is 41.6 Å². The van der Waals surface area contributed by atoms with Gasteiger partial charge in [-0.2, -0.15) is 0 Å². The summed E-state index contributed by atoms with van der Waals surface area (Å²) in [6.07, 6.45) is 5.26. The number of nitrogens with one attached hydrogen (secondary N) is 1. The van der Waals surface area contributed by atoms with Gasteiger partial charge in [0.15, 0.2) is 5.82 Å². The lowest BCUT2D eigenvalue weighted by molar-refractivity contribution is -0.114. The molecular formula is C13H13N3OS. The molecule has 0 aliphatic rings. The minimum absolute atomic E-state index is 0.151. The molecular weight excluding hydrogens is 246 g/mol. The first-order chi connectivity index (χ1) is 8.70. The Bertz CT molecular complexity index is 554. The van der Waals surface area contributed by atoms with Crippen LogP contribution in [0, 0.1) is 0 Å². The summed E-state index contributed by atoms with van der Waals surface area (Å²) in [7, 11) is 0. The average Bonchev–Trinajstić information content (AvgIpc) is 2.39. The van der Waals surface area contributed by atoms with E-state index in [-0.39, 0.29) is 5.91 Å².